The maximum atomic E-state index is 14.4. The Morgan fingerprint density at radius 3 is 2.48 bits per heavy atom. The number of rotatable bonds is 7. The number of hydrogen-bond donors (Lipinski definition) is 3. The van der Waals surface area contributed by atoms with Crippen molar-refractivity contribution in [2.45, 2.75) is 140 Å². The van der Waals surface area contributed by atoms with Crippen LogP contribution in [0.1, 0.15) is 102 Å². The normalized spacial score (nSPS) is 30.8. The summed E-state index contributed by atoms with van der Waals surface area (Å²) >= 11 is 0. The average Bonchev–Trinajstić information content (AvgIpc) is 3.96. The Kier molecular flexibility index (Phi) is 10.7. The smallest absolute Gasteiger partial charge is 0.410 e. The molecule has 50 heavy (non-hydrogen) atoms. The van der Waals surface area contributed by atoms with Gasteiger partial charge in [0.1, 0.15) is 17.7 Å². The van der Waals surface area contributed by atoms with Crippen LogP contribution in [-0.2, 0) is 48.7 Å². The first kappa shape index (κ1) is 36.3. The Morgan fingerprint density at radius 2 is 1.78 bits per heavy atom. The molecule has 5 aliphatic rings. The molecule has 4 bridgehead atoms. The maximum Gasteiger partial charge on any atom is 0.410 e. The van der Waals surface area contributed by atoms with Gasteiger partial charge in [-0.1, -0.05) is 63.8 Å². The largest absolute Gasteiger partial charge is 0.444 e. The van der Waals surface area contributed by atoms with Gasteiger partial charge in [-0.25, -0.2) is 13.2 Å². The molecule has 3 aliphatic heterocycles. The van der Waals surface area contributed by atoms with Crippen LogP contribution in [0.2, 0.25) is 0 Å². The highest BCUT2D eigenvalue weighted by molar-refractivity contribution is 7.91. The van der Waals surface area contributed by atoms with Gasteiger partial charge in [-0.3, -0.25) is 24.0 Å². The number of benzene rings is 1. The molecule has 12 nitrogen and oxygen atoms in total. The van der Waals surface area contributed by atoms with Crippen molar-refractivity contribution in [3.05, 3.63) is 47.5 Å². The van der Waals surface area contributed by atoms with Crippen molar-refractivity contribution in [1.29, 1.82) is 0 Å². The minimum absolute atomic E-state index is 0.0219. The second kappa shape index (κ2) is 14.7. The summed E-state index contributed by atoms with van der Waals surface area (Å²) in [6.07, 6.45) is 8.89. The lowest BCUT2D eigenvalue weighted by atomic mass is 9.97. The van der Waals surface area contributed by atoms with Gasteiger partial charge in [0.15, 0.2) is 0 Å². The molecule has 1 aromatic rings. The second-order valence-corrected chi connectivity index (χ2v) is 17.4. The minimum Gasteiger partial charge on any atom is -0.444 e. The van der Waals surface area contributed by atoms with Crippen LogP contribution in [0.15, 0.2) is 30.9 Å². The lowest BCUT2D eigenvalue weighted by molar-refractivity contribution is -0.142. The van der Waals surface area contributed by atoms with Crippen LogP contribution >= 0.6 is 0 Å². The van der Waals surface area contributed by atoms with E-state index in [-0.39, 0.29) is 37.3 Å². The summed E-state index contributed by atoms with van der Waals surface area (Å²) < 4.78 is 33.5. The van der Waals surface area contributed by atoms with Crippen LogP contribution in [0.3, 0.4) is 0 Å². The van der Waals surface area contributed by atoms with Gasteiger partial charge < -0.3 is 20.3 Å². The summed E-state index contributed by atoms with van der Waals surface area (Å²) in [5.74, 6) is -2.22. The molecule has 6 rings (SSSR count). The molecule has 3 N–H and O–H groups in total. The van der Waals surface area contributed by atoms with Crippen LogP contribution in [0.5, 0.6) is 0 Å². The zero-order valence-electron chi connectivity index (χ0n) is 29.6. The predicted octanol–water partition coefficient (Wildman–Crippen LogP) is 3.68. The first-order valence-corrected chi connectivity index (χ1v) is 20.0. The monoisotopic (exact) mass is 711 g/mol. The lowest BCUT2D eigenvalue weighted by Crippen LogP contribution is -2.59. The number of fused-ring (bicyclic) bond motifs is 3. The Bertz CT molecular complexity index is 1610. The van der Waals surface area contributed by atoms with E-state index in [4.69, 9.17) is 4.74 Å². The maximum absolute atomic E-state index is 14.4. The topological polar surface area (TPSA) is 154 Å². The van der Waals surface area contributed by atoms with Crippen LogP contribution < -0.4 is 15.4 Å². The highest BCUT2D eigenvalue weighted by Crippen LogP contribution is 2.45. The van der Waals surface area contributed by atoms with E-state index in [9.17, 15) is 27.6 Å². The Labute approximate surface area is 296 Å². The molecule has 0 unspecified atom stereocenters. The molecule has 0 radical (unpaired) electrons. The van der Waals surface area contributed by atoms with Crippen LogP contribution in [0, 0.1) is 11.8 Å². The van der Waals surface area contributed by atoms with Crippen molar-refractivity contribution in [1.82, 2.24) is 25.2 Å². The number of ether oxygens (including phenoxy) is 1. The molecule has 13 heteroatoms. The third kappa shape index (κ3) is 7.73. The van der Waals surface area contributed by atoms with E-state index < -0.39 is 62.8 Å². The van der Waals surface area contributed by atoms with Crippen molar-refractivity contribution >= 4 is 33.8 Å². The number of nitrogens with one attached hydrogen (secondary N) is 3. The number of aryl methyl sites for hydroxylation is 1. The summed E-state index contributed by atoms with van der Waals surface area (Å²) in [5.41, 5.74) is 2.06. The highest BCUT2D eigenvalue weighted by Gasteiger charge is 2.62. The highest BCUT2D eigenvalue weighted by atomic mass is 32.2. The van der Waals surface area contributed by atoms with E-state index in [1.54, 1.807) is 4.90 Å². The molecular formula is C37H53N5O7S. The molecule has 1 saturated heterocycles. The summed E-state index contributed by atoms with van der Waals surface area (Å²) in [7, 11) is -3.85. The summed E-state index contributed by atoms with van der Waals surface area (Å²) in [6.45, 7) is 10.7. The molecule has 3 heterocycles. The van der Waals surface area contributed by atoms with Gasteiger partial charge in [0.25, 0.3) is 5.91 Å². The number of nitrogens with zero attached hydrogens (tertiary/aromatic N) is 2. The quantitative estimate of drug-likeness (QED) is 0.362. The minimum atomic E-state index is -3.85. The SMILES string of the molecule is C=C[C@@H]1C[C@]1(NC(=O)[C@@H]1C[C@@H]2CN1C(=O)[C@@H](C(C)C)N[C@H](C)CCCCCCCc1cccc3c1CN(C3)C(=O)O2)C(=O)NS(=O)(=O)C1CC1. The number of carbonyl (C=O) groups is 4. The number of carbonyl (C=O) groups excluding carboxylic acids is 4. The molecule has 0 spiro atoms. The van der Waals surface area contributed by atoms with E-state index in [1.807, 2.05) is 19.9 Å². The van der Waals surface area contributed by atoms with Gasteiger partial charge in [-0.05, 0) is 68.1 Å². The molecule has 2 aliphatic carbocycles. The molecule has 0 aromatic heterocycles. The van der Waals surface area contributed by atoms with Crippen LogP contribution in [-0.4, -0.2) is 83.6 Å². The van der Waals surface area contributed by atoms with Crippen LogP contribution in [0.4, 0.5) is 4.79 Å². The second-order valence-electron chi connectivity index (χ2n) is 15.4. The Balaban J connectivity index is 1.24. The number of hydrogen-bond acceptors (Lipinski definition) is 8. The summed E-state index contributed by atoms with van der Waals surface area (Å²) in [5, 5.41) is 5.74. The first-order valence-electron chi connectivity index (χ1n) is 18.4. The van der Waals surface area contributed by atoms with Crippen molar-refractivity contribution < 1.29 is 32.3 Å². The van der Waals surface area contributed by atoms with E-state index in [1.165, 1.54) is 22.1 Å². The molecule has 2 saturated carbocycles. The van der Waals surface area contributed by atoms with Gasteiger partial charge in [-0.15, -0.1) is 6.58 Å². The zero-order chi connectivity index (χ0) is 35.8. The average molecular weight is 712 g/mol. The predicted molar refractivity (Wildman–Crippen MR) is 188 cm³/mol. The standard InChI is InChI=1S/C37H53N5O7S/c1-5-27-19-37(27,35(45)40-50(47,48)29-16-17-29)39-33(43)31-18-28-21-42(31)34(44)32(23(2)3)38-24(4)12-9-7-6-8-10-13-25-14-11-15-26-20-41(22-30(25)26)36(46)49-28/h5,11,14-15,23-24,27-29,31-32,38H,1,6-10,12-13,16-22H2,2-4H3,(H,39,43)(H,40,45)/t24-,27-,28-,31+,32-,37-/m1/s1. The van der Waals surface area contributed by atoms with Crippen molar-refractivity contribution in [2.24, 2.45) is 11.8 Å². The van der Waals surface area contributed by atoms with Gasteiger partial charge in [0, 0.05) is 31.5 Å². The van der Waals surface area contributed by atoms with Gasteiger partial charge in [0.05, 0.1) is 17.8 Å². The van der Waals surface area contributed by atoms with E-state index in [0.717, 1.165) is 50.5 Å². The van der Waals surface area contributed by atoms with Gasteiger partial charge >= 0.3 is 6.09 Å². The van der Waals surface area contributed by atoms with Gasteiger partial charge in [0.2, 0.25) is 21.8 Å². The van der Waals surface area contributed by atoms with Crippen molar-refractivity contribution in [3.63, 3.8) is 0 Å². The molecule has 274 valence electrons. The van der Waals surface area contributed by atoms with E-state index in [2.05, 4.69) is 41.0 Å². The molecule has 6 atom stereocenters. The fourth-order valence-electron chi connectivity index (χ4n) is 7.88. The fraction of sp³-hybridized carbons (Fsp3) is 0.676. The third-order valence-corrected chi connectivity index (χ3v) is 13.0. The van der Waals surface area contributed by atoms with Crippen molar-refractivity contribution in [3.8, 4) is 0 Å². The molecular weight excluding hydrogens is 659 g/mol. The number of amides is 4. The fourth-order valence-corrected chi connectivity index (χ4v) is 9.24. The molecule has 1 aromatic carbocycles. The third-order valence-electron chi connectivity index (χ3n) is 11.2. The van der Waals surface area contributed by atoms with Crippen LogP contribution in [0.25, 0.3) is 0 Å². The summed E-state index contributed by atoms with van der Waals surface area (Å²) in [4.78, 5) is 58.7. The number of sulfonamides is 1. The Morgan fingerprint density at radius 1 is 1.06 bits per heavy atom. The van der Waals surface area contributed by atoms with E-state index in [0.29, 0.717) is 25.9 Å². The Hall–Kier alpha value is -3.45. The van der Waals surface area contributed by atoms with Gasteiger partial charge in [-0.2, -0.15) is 0 Å². The van der Waals surface area contributed by atoms with Crippen molar-refractivity contribution in [2.75, 3.05) is 6.54 Å². The lowest BCUT2D eigenvalue weighted by Gasteiger charge is -2.33. The molecule has 3 fully saturated rings. The molecule has 4 amide bonds. The zero-order valence-corrected chi connectivity index (χ0v) is 30.4. The van der Waals surface area contributed by atoms with E-state index >= 15 is 0 Å². The summed E-state index contributed by atoms with van der Waals surface area (Å²) in [6, 6.07) is 4.68. The first-order chi connectivity index (χ1) is 23.8.